The lowest BCUT2D eigenvalue weighted by atomic mass is 10.0. The minimum absolute atomic E-state index is 0.571. The highest BCUT2D eigenvalue weighted by molar-refractivity contribution is 5.71. The van der Waals surface area contributed by atoms with Gasteiger partial charge in [-0.1, -0.05) is 121 Å². The Morgan fingerprint density at radius 3 is 1.57 bits per heavy atom. The van der Waals surface area contributed by atoms with Crippen LogP contribution in [0.5, 0.6) is 0 Å². The minimum Gasteiger partial charge on any atom is -0.480 e. The van der Waals surface area contributed by atoms with Gasteiger partial charge < -0.3 is 5.11 Å². The molecule has 1 unspecified atom stereocenters. The van der Waals surface area contributed by atoms with Crippen LogP contribution in [0.4, 0.5) is 0 Å². The third-order valence-electron chi connectivity index (χ3n) is 5.63. The number of nitrogens with zero attached hydrogens (tertiary/aromatic N) is 3. The molecule has 0 fully saturated rings. The first-order chi connectivity index (χ1) is 13.8. The van der Waals surface area contributed by atoms with Crippen LogP contribution in [0.25, 0.3) is 0 Å². The van der Waals surface area contributed by atoms with Gasteiger partial charge in [-0.25, -0.2) is 9.48 Å². The summed E-state index contributed by atoms with van der Waals surface area (Å²) in [7, 11) is 0. The normalized spacial score (nSPS) is 12.3. The second-order valence-corrected chi connectivity index (χ2v) is 8.18. The first-order valence-corrected chi connectivity index (χ1v) is 11.8. The van der Waals surface area contributed by atoms with Crippen molar-refractivity contribution in [1.82, 2.24) is 15.0 Å². The van der Waals surface area contributed by atoms with Crippen LogP contribution in [-0.2, 0) is 4.79 Å². The van der Waals surface area contributed by atoms with Crippen LogP contribution in [-0.4, -0.2) is 26.1 Å². The zero-order valence-corrected chi connectivity index (χ0v) is 18.2. The van der Waals surface area contributed by atoms with Gasteiger partial charge in [0, 0.05) is 6.20 Å². The van der Waals surface area contributed by atoms with Gasteiger partial charge in [-0.15, -0.1) is 5.10 Å². The Hall–Kier alpha value is -1.39. The predicted octanol–water partition coefficient (Wildman–Crippen LogP) is 6.95. The van der Waals surface area contributed by atoms with E-state index in [-0.39, 0.29) is 0 Å². The Bertz CT molecular complexity index is 462. The van der Waals surface area contributed by atoms with Gasteiger partial charge in [0.15, 0.2) is 6.04 Å². The highest BCUT2D eigenvalue weighted by Crippen LogP contribution is 2.17. The molecule has 0 aliphatic heterocycles. The van der Waals surface area contributed by atoms with Crippen LogP contribution in [0, 0.1) is 0 Å². The van der Waals surface area contributed by atoms with Gasteiger partial charge in [-0.05, 0) is 6.42 Å². The maximum absolute atomic E-state index is 11.3. The van der Waals surface area contributed by atoms with Crippen molar-refractivity contribution in [3.8, 4) is 0 Å². The summed E-state index contributed by atoms with van der Waals surface area (Å²) in [5, 5.41) is 16.8. The predicted molar refractivity (Wildman–Crippen MR) is 115 cm³/mol. The third-order valence-corrected chi connectivity index (χ3v) is 5.63. The lowest BCUT2D eigenvalue weighted by molar-refractivity contribution is -0.141. The summed E-state index contributed by atoms with van der Waals surface area (Å²) >= 11 is 0. The fourth-order valence-electron chi connectivity index (χ4n) is 3.82. The van der Waals surface area contributed by atoms with Crippen molar-refractivity contribution in [2.24, 2.45) is 0 Å². The molecule has 0 aliphatic rings. The fourth-order valence-corrected chi connectivity index (χ4v) is 3.82. The third kappa shape index (κ3) is 12.9. The van der Waals surface area contributed by atoms with Crippen LogP contribution >= 0.6 is 0 Å². The van der Waals surface area contributed by atoms with E-state index in [0.717, 1.165) is 12.8 Å². The number of unbranched alkanes of at least 4 members (excludes halogenated alkanes) is 16. The number of aromatic nitrogens is 3. The molecule has 0 aliphatic carbocycles. The van der Waals surface area contributed by atoms with E-state index in [2.05, 4.69) is 17.2 Å². The van der Waals surface area contributed by atoms with Crippen molar-refractivity contribution in [3.63, 3.8) is 0 Å². The van der Waals surface area contributed by atoms with Crippen molar-refractivity contribution < 1.29 is 9.90 Å². The smallest absolute Gasteiger partial charge is 0.328 e. The molecule has 1 atom stereocenters. The van der Waals surface area contributed by atoms with Gasteiger partial charge in [-0.2, -0.15) is 0 Å². The molecule has 1 N–H and O–H groups in total. The molecule has 0 saturated heterocycles. The summed E-state index contributed by atoms with van der Waals surface area (Å²) in [6, 6.07) is -0.571. The first-order valence-electron chi connectivity index (χ1n) is 11.8. The van der Waals surface area contributed by atoms with E-state index in [9.17, 15) is 9.90 Å². The van der Waals surface area contributed by atoms with Gasteiger partial charge in [0.25, 0.3) is 0 Å². The van der Waals surface area contributed by atoms with Gasteiger partial charge in [0.2, 0.25) is 0 Å². The van der Waals surface area contributed by atoms with Gasteiger partial charge in [-0.3, -0.25) is 0 Å². The Morgan fingerprint density at radius 2 is 1.21 bits per heavy atom. The maximum Gasteiger partial charge on any atom is 0.328 e. The van der Waals surface area contributed by atoms with E-state index in [4.69, 9.17) is 0 Å². The number of carboxylic acid groups (broad SMARTS) is 1. The Balaban J connectivity index is 1.81. The Morgan fingerprint density at radius 1 is 0.786 bits per heavy atom. The van der Waals surface area contributed by atoms with E-state index in [1.165, 1.54) is 107 Å². The molecule has 5 heteroatoms. The number of rotatable bonds is 20. The van der Waals surface area contributed by atoms with E-state index in [1.807, 2.05) is 0 Å². The van der Waals surface area contributed by atoms with Crippen molar-refractivity contribution >= 4 is 5.97 Å². The molecule has 0 amide bonds. The molecule has 5 nitrogen and oxygen atoms in total. The average molecular weight is 394 g/mol. The highest BCUT2D eigenvalue weighted by atomic mass is 16.4. The summed E-state index contributed by atoms with van der Waals surface area (Å²) in [5.74, 6) is -0.818. The van der Waals surface area contributed by atoms with Crippen LogP contribution in [0.1, 0.15) is 129 Å². The van der Waals surface area contributed by atoms with Crippen LogP contribution in [0.3, 0.4) is 0 Å². The molecule has 28 heavy (non-hydrogen) atoms. The molecule has 1 heterocycles. The van der Waals surface area contributed by atoms with Crippen LogP contribution in [0.2, 0.25) is 0 Å². The maximum atomic E-state index is 11.3. The number of hydrogen-bond donors (Lipinski definition) is 1. The van der Waals surface area contributed by atoms with E-state index in [0.29, 0.717) is 6.42 Å². The molecule has 1 aromatic rings. The van der Waals surface area contributed by atoms with Crippen molar-refractivity contribution in [3.05, 3.63) is 12.4 Å². The summed E-state index contributed by atoms with van der Waals surface area (Å²) in [6.07, 6.45) is 26.5. The average Bonchev–Trinajstić information content (AvgIpc) is 3.21. The zero-order chi connectivity index (χ0) is 20.3. The first kappa shape index (κ1) is 24.6. The molecular formula is C23H43N3O2. The lowest BCUT2D eigenvalue weighted by Gasteiger charge is -2.11. The van der Waals surface area contributed by atoms with E-state index < -0.39 is 12.0 Å². The van der Waals surface area contributed by atoms with Gasteiger partial charge in [0.05, 0.1) is 6.20 Å². The summed E-state index contributed by atoms with van der Waals surface area (Å²) in [4.78, 5) is 11.3. The number of hydrogen-bond acceptors (Lipinski definition) is 3. The molecule has 0 saturated carbocycles. The second kappa shape index (κ2) is 17.7. The molecule has 0 aromatic carbocycles. The standard InChI is InChI=1S/C23H43N3O2/c1-2-3-4-5-6-7-8-9-10-11-12-13-14-15-16-17-18-19-22(23(27)28)26-21-20-24-25-26/h20-22H,2-19H2,1H3,(H,27,28). The van der Waals surface area contributed by atoms with E-state index in [1.54, 1.807) is 6.20 Å². The molecule has 0 spiro atoms. The molecule has 0 bridgehead atoms. The Labute approximate surface area is 172 Å². The zero-order valence-electron chi connectivity index (χ0n) is 18.2. The minimum atomic E-state index is -0.818. The van der Waals surface area contributed by atoms with Crippen molar-refractivity contribution in [2.75, 3.05) is 0 Å². The monoisotopic (exact) mass is 393 g/mol. The lowest BCUT2D eigenvalue weighted by Crippen LogP contribution is -2.19. The van der Waals surface area contributed by atoms with Gasteiger partial charge >= 0.3 is 5.97 Å². The number of aliphatic carboxylic acids is 1. The van der Waals surface area contributed by atoms with Crippen molar-refractivity contribution in [2.45, 2.75) is 129 Å². The number of carbonyl (C=O) groups is 1. The molecular weight excluding hydrogens is 350 g/mol. The molecule has 162 valence electrons. The van der Waals surface area contributed by atoms with E-state index >= 15 is 0 Å². The summed E-state index contributed by atoms with van der Waals surface area (Å²) in [5.41, 5.74) is 0. The molecule has 0 radical (unpaired) electrons. The molecule has 1 rings (SSSR count). The fraction of sp³-hybridized carbons (Fsp3) is 0.870. The molecule has 1 aromatic heterocycles. The SMILES string of the molecule is CCCCCCCCCCCCCCCCCCCC(C(=O)O)n1ccnn1. The highest BCUT2D eigenvalue weighted by Gasteiger charge is 2.19. The topological polar surface area (TPSA) is 68.0 Å². The summed E-state index contributed by atoms with van der Waals surface area (Å²) in [6.45, 7) is 2.28. The van der Waals surface area contributed by atoms with Gasteiger partial charge in [0.1, 0.15) is 0 Å². The number of carboxylic acids is 1. The van der Waals surface area contributed by atoms with Crippen LogP contribution in [0.15, 0.2) is 12.4 Å². The largest absolute Gasteiger partial charge is 0.480 e. The van der Waals surface area contributed by atoms with Crippen molar-refractivity contribution in [1.29, 1.82) is 0 Å². The van der Waals surface area contributed by atoms with Crippen LogP contribution < -0.4 is 0 Å². The summed E-state index contributed by atoms with van der Waals surface area (Å²) < 4.78 is 1.45. The Kier molecular flexibility index (Phi) is 15.6. The second-order valence-electron chi connectivity index (χ2n) is 8.18. The quantitative estimate of drug-likeness (QED) is 0.243.